The zero-order valence-electron chi connectivity index (χ0n) is 13.5. The molecule has 0 heterocycles. The van der Waals surface area contributed by atoms with E-state index < -0.39 is 37.6 Å². The minimum Gasteiger partial charge on any atom is -0.396 e. The predicted molar refractivity (Wildman–Crippen MR) is 83.3 cm³/mol. The Morgan fingerprint density at radius 1 is 0.591 bits per heavy atom. The Labute approximate surface area is 132 Å². The molecule has 0 aromatic carbocycles. The highest BCUT2D eigenvalue weighted by molar-refractivity contribution is 4.79. The fraction of sp³-hybridized carbons (Fsp3) is 1.00. The third-order valence-corrected chi connectivity index (χ3v) is 3.27. The molecule has 0 fully saturated rings. The van der Waals surface area contributed by atoms with Gasteiger partial charge in [0.15, 0.2) is 0 Å². The molecule has 0 rings (SSSR count). The van der Waals surface area contributed by atoms with Gasteiger partial charge in [0.2, 0.25) is 0 Å². The topological polar surface area (TPSA) is 142 Å². The van der Waals surface area contributed by atoms with Crippen LogP contribution >= 0.6 is 0 Å². The summed E-state index contributed by atoms with van der Waals surface area (Å²) in [6.07, 6.45) is 2.54. The zero-order chi connectivity index (χ0) is 17.4. The number of hydrogen-bond donors (Lipinski definition) is 7. The second-order valence-electron chi connectivity index (χ2n) is 5.33. The van der Waals surface area contributed by atoms with E-state index in [0.717, 1.165) is 6.42 Å². The fourth-order valence-corrected chi connectivity index (χ4v) is 1.74. The molecular weight excluding hydrogens is 292 g/mol. The first kappa shape index (κ1) is 24.0. The monoisotopic (exact) mass is 326 g/mol. The van der Waals surface area contributed by atoms with E-state index in [-0.39, 0.29) is 0 Å². The van der Waals surface area contributed by atoms with Crippen LogP contribution in [0.25, 0.3) is 0 Å². The Kier molecular flexibility index (Phi) is 18.6. The van der Waals surface area contributed by atoms with Crippen LogP contribution in [0.4, 0.5) is 0 Å². The van der Waals surface area contributed by atoms with Crippen molar-refractivity contribution in [2.75, 3.05) is 19.8 Å². The number of hydrogen-bond acceptors (Lipinski definition) is 7. The first-order valence-corrected chi connectivity index (χ1v) is 8.01. The van der Waals surface area contributed by atoms with Gasteiger partial charge in [-0.15, -0.1) is 0 Å². The van der Waals surface area contributed by atoms with Crippen molar-refractivity contribution in [3.8, 4) is 0 Å². The van der Waals surface area contributed by atoms with E-state index in [0.29, 0.717) is 6.61 Å². The summed E-state index contributed by atoms with van der Waals surface area (Å²) in [7, 11) is 0. The van der Waals surface area contributed by atoms with E-state index in [2.05, 4.69) is 6.92 Å². The minimum atomic E-state index is -1.67. The summed E-state index contributed by atoms with van der Waals surface area (Å²) >= 11 is 0. The van der Waals surface area contributed by atoms with Crippen molar-refractivity contribution in [2.45, 2.75) is 76.3 Å². The molecule has 0 aromatic heterocycles. The van der Waals surface area contributed by atoms with Crippen LogP contribution in [0.5, 0.6) is 0 Å². The molecular formula is C15H34O7. The van der Waals surface area contributed by atoms with Crippen molar-refractivity contribution < 1.29 is 35.7 Å². The van der Waals surface area contributed by atoms with Gasteiger partial charge < -0.3 is 35.7 Å². The lowest BCUT2D eigenvalue weighted by Gasteiger charge is -2.24. The number of aliphatic hydroxyl groups is 7. The normalized spacial score (nSPS) is 16.4. The zero-order valence-corrected chi connectivity index (χ0v) is 13.5. The summed E-state index contributed by atoms with van der Waals surface area (Å²) in [5.74, 6) is 0. The molecule has 7 N–H and O–H groups in total. The standard InChI is InChI=1S/C9H20O.C6H14O6/c1-2-3-4-5-6-7-8-9-10;7-1-3(9)5(11)6(12)4(10)2-8/h10H,2-9H2,1H3;3-12H,1-2H2. The van der Waals surface area contributed by atoms with E-state index in [9.17, 15) is 0 Å². The minimum absolute atomic E-state index is 0.369. The first-order valence-electron chi connectivity index (χ1n) is 8.01. The lowest BCUT2D eigenvalue weighted by Crippen LogP contribution is -2.46. The molecule has 22 heavy (non-hydrogen) atoms. The van der Waals surface area contributed by atoms with Gasteiger partial charge in [-0.25, -0.2) is 0 Å². The maximum atomic E-state index is 8.96. The van der Waals surface area contributed by atoms with Gasteiger partial charge >= 0.3 is 0 Å². The predicted octanol–water partition coefficient (Wildman–Crippen LogP) is -0.856. The number of rotatable bonds is 12. The SMILES string of the molecule is CCCCCCCCCO.OCC(O)C(O)C(O)C(O)CO. The summed E-state index contributed by atoms with van der Waals surface area (Å²) in [6.45, 7) is 1.15. The average molecular weight is 326 g/mol. The van der Waals surface area contributed by atoms with Crippen molar-refractivity contribution in [1.82, 2.24) is 0 Å². The van der Waals surface area contributed by atoms with Crippen LogP contribution < -0.4 is 0 Å². The Bertz CT molecular complexity index is 194. The summed E-state index contributed by atoms with van der Waals surface area (Å²) in [6, 6.07) is 0. The van der Waals surface area contributed by atoms with Crippen molar-refractivity contribution in [3.63, 3.8) is 0 Å². The number of aliphatic hydroxyl groups excluding tert-OH is 7. The van der Waals surface area contributed by atoms with Gasteiger partial charge in [-0.1, -0.05) is 45.4 Å². The smallest absolute Gasteiger partial charge is 0.111 e. The van der Waals surface area contributed by atoms with Gasteiger partial charge in [0.05, 0.1) is 13.2 Å². The molecule has 136 valence electrons. The molecule has 7 nitrogen and oxygen atoms in total. The molecule has 4 atom stereocenters. The van der Waals surface area contributed by atoms with E-state index in [1.165, 1.54) is 38.5 Å². The maximum absolute atomic E-state index is 8.96. The van der Waals surface area contributed by atoms with Crippen LogP contribution in [0.15, 0.2) is 0 Å². The summed E-state index contributed by atoms with van der Waals surface area (Å²) in [4.78, 5) is 0. The lowest BCUT2D eigenvalue weighted by molar-refractivity contribution is -0.123. The van der Waals surface area contributed by atoms with Crippen molar-refractivity contribution in [1.29, 1.82) is 0 Å². The van der Waals surface area contributed by atoms with E-state index in [1.807, 2.05) is 0 Å². The van der Waals surface area contributed by atoms with Gasteiger partial charge in [0, 0.05) is 6.61 Å². The summed E-state index contributed by atoms with van der Waals surface area (Å²) in [5.41, 5.74) is 0. The highest BCUT2D eigenvalue weighted by atomic mass is 16.4. The molecule has 4 unspecified atom stereocenters. The molecule has 0 aliphatic carbocycles. The molecule has 0 bridgehead atoms. The van der Waals surface area contributed by atoms with Crippen molar-refractivity contribution in [3.05, 3.63) is 0 Å². The van der Waals surface area contributed by atoms with Crippen LogP contribution in [0, 0.1) is 0 Å². The van der Waals surface area contributed by atoms with Crippen LogP contribution in [0.3, 0.4) is 0 Å². The lowest BCUT2D eigenvalue weighted by atomic mass is 10.0. The number of unbranched alkanes of at least 4 members (excludes halogenated alkanes) is 6. The summed E-state index contributed by atoms with van der Waals surface area (Å²) in [5, 5.41) is 60.6. The molecule has 0 saturated carbocycles. The molecule has 0 aliphatic heterocycles. The molecule has 0 spiro atoms. The van der Waals surface area contributed by atoms with Gasteiger partial charge in [-0.2, -0.15) is 0 Å². The average Bonchev–Trinajstić information content (AvgIpc) is 2.55. The van der Waals surface area contributed by atoms with Gasteiger partial charge in [-0.05, 0) is 6.42 Å². The molecule has 0 radical (unpaired) electrons. The Morgan fingerprint density at radius 2 is 0.955 bits per heavy atom. The molecule has 0 aromatic rings. The molecule has 0 aliphatic rings. The maximum Gasteiger partial charge on any atom is 0.111 e. The summed E-state index contributed by atoms with van der Waals surface area (Å²) < 4.78 is 0. The third-order valence-electron chi connectivity index (χ3n) is 3.27. The Morgan fingerprint density at radius 3 is 1.27 bits per heavy atom. The Hall–Kier alpha value is -0.280. The van der Waals surface area contributed by atoms with Crippen LogP contribution in [0.1, 0.15) is 51.9 Å². The van der Waals surface area contributed by atoms with E-state index >= 15 is 0 Å². The van der Waals surface area contributed by atoms with Gasteiger partial charge in [0.25, 0.3) is 0 Å². The molecule has 0 saturated heterocycles. The van der Waals surface area contributed by atoms with E-state index in [4.69, 9.17) is 35.7 Å². The first-order chi connectivity index (χ1) is 10.5. The van der Waals surface area contributed by atoms with Crippen LogP contribution in [-0.2, 0) is 0 Å². The van der Waals surface area contributed by atoms with Crippen molar-refractivity contribution in [2.24, 2.45) is 0 Å². The van der Waals surface area contributed by atoms with Crippen LogP contribution in [0.2, 0.25) is 0 Å². The highest BCUT2D eigenvalue weighted by Crippen LogP contribution is 2.06. The van der Waals surface area contributed by atoms with Gasteiger partial charge in [0.1, 0.15) is 24.4 Å². The van der Waals surface area contributed by atoms with Gasteiger partial charge in [-0.3, -0.25) is 0 Å². The second-order valence-corrected chi connectivity index (χ2v) is 5.33. The third kappa shape index (κ3) is 13.4. The van der Waals surface area contributed by atoms with Crippen molar-refractivity contribution >= 4 is 0 Å². The highest BCUT2D eigenvalue weighted by Gasteiger charge is 2.29. The quantitative estimate of drug-likeness (QED) is 0.231. The van der Waals surface area contributed by atoms with E-state index in [1.54, 1.807) is 0 Å². The van der Waals surface area contributed by atoms with Crippen LogP contribution in [-0.4, -0.2) is 80.0 Å². The Balaban J connectivity index is 0. The molecule has 7 heteroatoms. The fourth-order valence-electron chi connectivity index (χ4n) is 1.74. The molecule has 0 amide bonds. The second kappa shape index (κ2) is 17.1. The largest absolute Gasteiger partial charge is 0.396 e.